The van der Waals surface area contributed by atoms with Crippen molar-refractivity contribution in [1.82, 2.24) is 10.2 Å². The van der Waals surface area contributed by atoms with Gasteiger partial charge in [0.05, 0.1) is 6.54 Å². The highest BCUT2D eigenvalue weighted by molar-refractivity contribution is 5.78. The van der Waals surface area contributed by atoms with Gasteiger partial charge in [-0.25, -0.2) is 0 Å². The maximum absolute atomic E-state index is 11.4. The third-order valence-electron chi connectivity index (χ3n) is 3.11. The van der Waals surface area contributed by atoms with Crippen molar-refractivity contribution in [2.45, 2.75) is 43.8 Å². The zero-order valence-corrected chi connectivity index (χ0v) is 8.70. The average Bonchev–Trinajstić information content (AvgIpc) is 2.81. The van der Waals surface area contributed by atoms with Gasteiger partial charge in [0.1, 0.15) is 0 Å². The second-order valence-corrected chi connectivity index (χ2v) is 4.64. The number of amides is 1. The SMILES string of the molecule is CN(CC(=O)NC1CC1)C1CC(N)C1. The van der Waals surface area contributed by atoms with Crippen LogP contribution in [0.1, 0.15) is 25.7 Å². The second-order valence-electron chi connectivity index (χ2n) is 4.64. The molecular weight excluding hydrogens is 178 g/mol. The molecule has 1 amide bonds. The summed E-state index contributed by atoms with van der Waals surface area (Å²) in [5, 5.41) is 2.99. The number of likely N-dealkylation sites (N-methyl/N-ethyl adjacent to an activating group) is 1. The van der Waals surface area contributed by atoms with E-state index in [4.69, 9.17) is 5.73 Å². The minimum Gasteiger partial charge on any atom is -0.352 e. The van der Waals surface area contributed by atoms with Crippen LogP contribution in [0.25, 0.3) is 0 Å². The van der Waals surface area contributed by atoms with E-state index in [1.165, 1.54) is 0 Å². The molecule has 3 N–H and O–H groups in total. The van der Waals surface area contributed by atoms with Crippen molar-refractivity contribution in [3.63, 3.8) is 0 Å². The number of nitrogens with zero attached hydrogens (tertiary/aromatic N) is 1. The van der Waals surface area contributed by atoms with Crippen molar-refractivity contribution in [2.75, 3.05) is 13.6 Å². The Bertz CT molecular complexity index is 221. The molecule has 0 aromatic rings. The molecule has 0 aliphatic heterocycles. The minimum atomic E-state index is 0.162. The van der Waals surface area contributed by atoms with Gasteiger partial charge in [0.15, 0.2) is 0 Å². The van der Waals surface area contributed by atoms with E-state index in [0.717, 1.165) is 25.7 Å². The summed E-state index contributed by atoms with van der Waals surface area (Å²) in [5.74, 6) is 0.162. The molecule has 2 rings (SSSR count). The number of nitrogens with two attached hydrogens (primary N) is 1. The molecule has 2 saturated carbocycles. The number of rotatable bonds is 4. The van der Waals surface area contributed by atoms with E-state index in [2.05, 4.69) is 10.2 Å². The number of hydrogen-bond donors (Lipinski definition) is 2. The van der Waals surface area contributed by atoms with Crippen LogP contribution in [0.4, 0.5) is 0 Å². The molecule has 0 saturated heterocycles. The van der Waals surface area contributed by atoms with Crippen LogP contribution in [0, 0.1) is 0 Å². The van der Waals surface area contributed by atoms with Crippen molar-refractivity contribution >= 4 is 5.91 Å². The predicted molar refractivity (Wildman–Crippen MR) is 54.8 cm³/mol. The summed E-state index contributed by atoms with van der Waals surface area (Å²) < 4.78 is 0. The lowest BCUT2D eigenvalue weighted by Gasteiger charge is -2.38. The van der Waals surface area contributed by atoms with Gasteiger partial charge in [-0.1, -0.05) is 0 Å². The third-order valence-corrected chi connectivity index (χ3v) is 3.11. The van der Waals surface area contributed by atoms with E-state index in [1.807, 2.05) is 7.05 Å². The first-order valence-electron chi connectivity index (χ1n) is 5.40. The fraction of sp³-hybridized carbons (Fsp3) is 0.900. The molecule has 4 heteroatoms. The molecule has 2 aliphatic carbocycles. The fourth-order valence-electron chi connectivity index (χ4n) is 1.85. The number of nitrogens with one attached hydrogen (secondary N) is 1. The van der Waals surface area contributed by atoms with Gasteiger partial charge in [-0.2, -0.15) is 0 Å². The number of carbonyl (C=O) groups is 1. The summed E-state index contributed by atoms with van der Waals surface area (Å²) in [6, 6.07) is 1.35. The lowest BCUT2D eigenvalue weighted by atomic mass is 9.86. The highest BCUT2D eigenvalue weighted by Crippen LogP contribution is 2.23. The van der Waals surface area contributed by atoms with Gasteiger partial charge in [-0.05, 0) is 32.7 Å². The normalized spacial score (nSPS) is 31.4. The molecular formula is C10H19N3O. The summed E-state index contributed by atoms with van der Waals surface area (Å²) >= 11 is 0. The maximum atomic E-state index is 11.4. The molecule has 0 heterocycles. The first kappa shape index (κ1) is 9.93. The smallest absolute Gasteiger partial charge is 0.234 e. The average molecular weight is 197 g/mol. The van der Waals surface area contributed by atoms with Gasteiger partial charge in [0, 0.05) is 18.1 Å². The molecule has 0 spiro atoms. The van der Waals surface area contributed by atoms with Crippen LogP contribution >= 0.6 is 0 Å². The van der Waals surface area contributed by atoms with Crippen LogP contribution in [-0.4, -0.2) is 42.5 Å². The van der Waals surface area contributed by atoms with Gasteiger partial charge in [0.2, 0.25) is 5.91 Å². The first-order chi connectivity index (χ1) is 6.65. The van der Waals surface area contributed by atoms with Crippen molar-refractivity contribution < 1.29 is 4.79 Å². The number of carbonyl (C=O) groups excluding carboxylic acids is 1. The second kappa shape index (κ2) is 3.87. The van der Waals surface area contributed by atoms with Crippen LogP contribution in [0.3, 0.4) is 0 Å². The summed E-state index contributed by atoms with van der Waals surface area (Å²) in [7, 11) is 2.00. The summed E-state index contributed by atoms with van der Waals surface area (Å²) in [6.07, 6.45) is 4.38. The Morgan fingerprint density at radius 3 is 2.64 bits per heavy atom. The monoisotopic (exact) mass is 197 g/mol. The van der Waals surface area contributed by atoms with Gasteiger partial charge in [-0.15, -0.1) is 0 Å². The van der Waals surface area contributed by atoms with E-state index in [-0.39, 0.29) is 5.91 Å². The van der Waals surface area contributed by atoms with Crippen LogP contribution in [0.2, 0.25) is 0 Å². The zero-order chi connectivity index (χ0) is 10.1. The van der Waals surface area contributed by atoms with E-state index in [1.54, 1.807) is 0 Å². The Balaban J connectivity index is 1.65. The summed E-state index contributed by atoms with van der Waals surface area (Å²) in [5.41, 5.74) is 5.70. The largest absolute Gasteiger partial charge is 0.352 e. The lowest BCUT2D eigenvalue weighted by molar-refractivity contribution is -0.123. The summed E-state index contributed by atoms with van der Waals surface area (Å²) in [6.45, 7) is 0.522. The highest BCUT2D eigenvalue weighted by Gasteiger charge is 2.31. The van der Waals surface area contributed by atoms with Crippen LogP contribution < -0.4 is 11.1 Å². The van der Waals surface area contributed by atoms with Crippen molar-refractivity contribution in [1.29, 1.82) is 0 Å². The number of hydrogen-bond acceptors (Lipinski definition) is 3. The van der Waals surface area contributed by atoms with Crippen molar-refractivity contribution in [3.8, 4) is 0 Å². The van der Waals surface area contributed by atoms with Crippen molar-refractivity contribution in [3.05, 3.63) is 0 Å². The molecule has 0 radical (unpaired) electrons. The zero-order valence-electron chi connectivity index (χ0n) is 8.70. The van der Waals surface area contributed by atoms with Crippen molar-refractivity contribution in [2.24, 2.45) is 5.73 Å². The molecule has 0 bridgehead atoms. The highest BCUT2D eigenvalue weighted by atomic mass is 16.2. The van der Waals surface area contributed by atoms with Gasteiger partial charge >= 0.3 is 0 Å². The Hall–Kier alpha value is -0.610. The molecule has 80 valence electrons. The minimum absolute atomic E-state index is 0.162. The van der Waals surface area contributed by atoms with E-state index >= 15 is 0 Å². The standard InChI is InChI=1S/C10H19N3O/c1-13(9-4-7(11)5-9)6-10(14)12-8-2-3-8/h7-9H,2-6,11H2,1H3,(H,12,14). The molecule has 2 aliphatic rings. The fourth-order valence-corrected chi connectivity index (χ4v) is 1.85. The third kappa shape index (κ3) is 2.45. The molecule has 2 fully saturated rings. The van der Waals surface area contributed by atoms with Gasteiger partial charge in [-0.3, -0.25) is 9.69 Å². The van der Waals surface area contributed by atoms with Crippen LogP contribution in [0.5, 0.6) is 0 Å². The molecule has 0 aromatic heterocycles. The molecule has 0 atom stereocenters. The lowest BCUT2D eigenvalue weighted by Crippen LogP contribution is -2.51. The molecule has 0 unspecified atom stereocenters. The Morgan fingerprint density at radius 2 is 2.14 bits per heavy atom. The summed E-state index contributed by atoms with van der Waals surface area (Å²) in [4.78, 5) is 13.6. The molecule has 14 heavy (non-hydrogen) atoms. The van der Waals surface area contributed by atoms with Crippen LogP contribution in [0.15, 0.2) is 0 Å². The van der Waals surface area contributed by atoms with Gasteiger partial charge < -0.3 is 11.1 Å². The van der Waals surface area contributed by atoms with Crippen LogP contribution in [-0.2, 0) is 4.79 Å². The Morgan fingerprint density at radius 1 is 1.50 bits per heavy atom. The quantitative estimate of drug-likeness (QED) is 0.650. The van der Waals surface area contributed by atoms with E-state index in [0.29, 0.717) is 24.7 Å². The van der Waals surface area contributed by atoms with E-state index in [9.17, 15) is 4.79 Å². The van der Waals surface area contributed by atoms with E-state index < -0.39 is 0 Å². The maximum Gasteiger partial charge on any atom is 0.234 e. The van der Waals surface area contributed by atoms with Gasteiger partial charge in [0.25, 0.3) is 0 Å². The predicted octanol–water partition coefficient (Wildman–Crippen LogP) is -0.313. The Labute approximate surface area is 84.8 Å². The Kier molecular flexibility index (Phi) is 2.74. The molecule has 4 nitrogen and oxygen atoms in total. The molecule has 0 aromatic carbocycles. The first-order valence-corrected chi connectivity index (χ1v) is 5.40. The topological polar surface area (TPSA) is 58.4 Å².